The molecule has 3 nitrogen and oxygen atoms in total. The summed E-state index contributed by atoms with van der Waals surface area (Å²) in [7, 11) is 1.30. The maximum Gasteiger partial charge on any atom is 0.341 e. The van der Waals surface area contributed by atoms with Gasteiger partial charge in [-0.3, -0.25) is 0 Å². The summed E-state index contributed by atoms with van der Waals surface area (Å²) in [6.07, 6.45) is 0. The van der Waals surface area contributed by atoms with E-state index in [0.29, 0.717) is 5.56 Å². The van der Waals surface area contributed by atoms with E-state index in [1.54, 1.807) is 13.0 Å². The van der Waals surface area contributed by atoms with Crippen LogP contribution in [0.25, 0.3) is 11.1 Å². The molecule has 0 atom stereocenters. The van der Waals surface area contributed by atoms with Gasteiger partial charge in [0.2, 0.25) is 0 Å². The monoisotopic (exact) mass is 242 g/mol. The molecule has 2 aromatic rings. The van der Waals surface area contributed by atoms with E-state index >= 15 is 0 Å². The molecule has 0 heterocycles. The fraction of sp³-hybridized carbons (Fsp3) is 0.133. The minimum Gasteiger partial charge on any atom is -0.507 e. The SMILES string of the molecule is COC(=O)c1cc(-c2ccccc2)cc(C)c1O. The Kier molecular flexibility index (Phi) is 3.33. The first-order chi connectivity index (χ1) is 8.63. The molecule has 0 aliphatic rings. The summed E-state index contributed by atoms with van der Waals surface area (Å²) in [6.45, 7) is 1.76. The summed E-state index contributed by atoms with van der Waals surface area (Å²) in [5.74, 6) is -0.560. The third kappa shape index (κ3) is 2.20. The van der Waals surface area contributed by atoms with E-state index in [1.807, 2.05) is 36.4 Å². The second-order valence-corrected chi connectivity index (χ2v) is 4.05. The van der Waals surface area contributed by atoms with E-state index in [1.165, 1.54) is 7.11 Å². The Morgan fingerprint density at radius 1 is 1.11 bits per heavy atom. The Labute approximate surface area is 106 Å². The van der Waals surface area contributed by atoms with Crippen molar-refractivity contribution >= 4 is 5.97 Å². The number of phenols is 1. The standard InChI is InChI=1S/C15H14O3/c1-10-8-12(11-6-4-3-5-7-11)9-13(14(10)16)15(17)18-2/h3-9,16H,1-2H3. The number of hydrogen-bond donors (Lipinski definition) is 1. The number of carbonyl (C=O) groups excluding carboxylic acids is 1. The maximum absolute atomic E-state index is 11.6. The normalized spacial score (nSPS) is 10.1. The van der Waals surface area contributed by atoms with Crippen LogP contribution in [0.2, 0.25) is 0 Å². The van der Waals surface area contributed by atoms with Crippen molar-refractivity contribution in [1.29, 1.82) is 0 Å². The fourth-order valence-electron chi connectivity index (χ4n) is 1.84. The van der Waals surface area contributed by atoms with Crippen molar-refractivity contribution in [3.63, 3.8) is 0 Å². The minimum absolute atomic E-state index is 0.0264. The van der Waals surface area contributed by atoms with Crippen LogP contribution in [0.5, 0.6) is 5.75 Å². The number of methoxy groups -OCH3 is 1. The van der Waals surface area contributed by atoms with E-state index < -0.39 is 5.97 Å². The molecule has 0 aliphatic carbocycles. The summed E-state index contributed by atoms with van der Waals surface area (Å²) in [4.78, 5) is 11.6. The van der Waals surface area contributed by atoms with Crippen LogP contribution >= 0.6 is 0 Å². The Bertz CT molecular complexity index is 574. The van der Waals surface area contributed by atoms with Crippen molar-refractivity contribution in [2.75, 3.05) is 7.11 Å². The average Bonchev–Trinajstić information content (AvgIpc) is 2.41. The van der Waals surface area contributed by atoms with Crippen LogP contribution in [-0.2, 0) is 4.74 Å². The van der Waals surface area contributed by atoms with Gasteiger partial charge in [0.25, 0.3) is 0 Å². The van der Waals surface area contributed by atoms with Gasteiger partial charge < -0.3 is 9.84 Å². The Balaban J connectivity index is 2.58. The molecular weight excluding hydrogens is 228 g/mol. The van der Waals surface area contributed by atoms with Crippen LogP contribution in [0, 0.1) is 6.92 Å². The molecule has 0 radical (unpaired) electrons. The number of benzene rings is 2. The van der Waals surface area contributed by atoms with Gasteiger partial charge in [-0.05, 0) is 35.7 Å². The lowest BCUT2D eigenvalue weighted by atomic mass is 9.99. The van der Waals surface area contributed by atoms with Crippen molar-refractivity contribution in [3.8, 4) is 16.9 Å². The highest BCUT2D eigenvalue weighted by Gasteiger charge is 2.15. The molecule has 2 aromatic carbocycles. The summed E-state index contributed by atoms with van der Waals surface area (Å²) in [5, 5.41) is 9.87. The molecule has 0 saturated carbocycles. The molecule has 3 heteroatoms. The summed E-state index contributed by atoms with van der Waals surface area (Å²) in [5.41, 5.74) is 2.71. The molecule has 0 amide bonds. The lowest BCUT2D eigenvalue weighted by Crippen LogP contribution is -2.02. The fourth-order valence-corrected chi connectivity index (χ4v) is 1.84. The Morgan fingerprint density at radius 2 is 1.78 bits per heavy atom. The first-order valence-electron chi connectivity index (χ1n) is 5.61. The highest BCUT2D eigenvalue weighted by Crippen LogP contribution is 2.29. The second-order valence-electron chi connectivity index (χ2n) is 4.05. The predicted octanol–water partition coefficient (Wildman–Crippen LogP) is 3.15. The first kappa shape index (κ1) is 12.2. The van der Waals surface area contributed by atoms with Crippen LogP contribution in [0.4, 0.5) is 0 Å². The van der Waals surface area contributed by atoms with Gasteiger partial charge in [0.1, 0.15) is 11.3 Å². The van der Waals surface area contributed by atoms with Crippen LogP contribution in [-0.4, -0.2) is 18.2 Å². The van der Waals surface area contributed by atoms with Crippen molar-refractivity contribution in [2.45, 2.75) is 6.92 Å². The highest BCUT2D eigenvalue weighted by molar-refractivity contribution is 5.94. The second kappa shape index (κ2) is 4.92. The van der Waals surface area contributed by atoms with Crippen LogP contribution < -0.4 is 0 Å². The molecule has 0 unspecified atom stereocenters. The van der Waals surface area contributed by atoms with E-state index in [-0.39, 0.29) is 11.3 Å². The Morgan fingerprint density at radius 3 is 2.39 bits per heavy atom. The van der Waals surface area contributed by atoms with Gasteiger partial charge in [0, 0.05) is 0 Å². The van der Waals surface area contributed by atoms with Crippen molar-refractivity contribution < 1.29 is 14.6 Å². The minimum atomic E-state index is -0.534. The zero-order valence-electron chi connectivity index (χ0n) is 10.3. The molecule has 0 saturated heterocycles. The smallest absolute Gasteiger partial charge is 0.341 e. The molecular formula is C15H14O3. The van der Waals surface area contributed by atoms with Gasteiger partial charge in [0.15, 0.2) is 0 Å². The predicted molar refractivity (Wildman–Crippen MR) is 69.6 cm³/mol. The number of esters is 1. The molecule has 92 valence electrons. The number of ether oxygens (including phenoxy) is 1. The molecule has 1 N–H and O–H groups in total. The van der Waals surface area contributed by atoms with Gasteiger partial charge in [0.05, 0.1) is 7.11 Å². The van der Waals surface area contributed by atoms with E-state index in [2.05, 4.69) is 4.74 Å². The number of aromatic hydroxyl groups is 1. The van der Waals surface area contributed by atoms with Crippen LogP contribution in [0.3, 0.4) is 0 Å². The molecule has 18 heavy (non-hydrogen) atoms. The molecule has 0 aromatic heterocycles. The molecule has 0 aliphatic heterocycles. The third-order valence-corrected chi connectivity index (χ3v) is 2.81. The summed E-state index contributed by atoms with van der Waals surface area (Å²) < 4.78 is 4.66. The number of phenolic OH excluding ortho intramolecular Hbond substituents is 1. The first-order valence-corrected chi connectivity index (χ1v) is 5.61. The zero-order valence-corrected chi connectivity index (χ0v) is 10.3. The molecule has 0 spiro atoms. The quantitative estimate of drug-likeness (QED) is 0.823. The highest BCUT2D eigenvalue weighted by atomic mass is 16.5. The lowest BCUT2D eigenvalue weighted by molar-refractivity contribution is 0.0597. The number of carbonyl (C=O) groups is 1. The number of hydrogen-bond acceptors (Lipinski definition) is 3. The van der Waals surface area contributed by atoms with Crippen molar-refractivity contribution in [1.82, 2.24) is 0 Å². The Hall–Kier alpha value is -2.29. The zero-order chi connectivity index (χ0) is 13.1. The molecule has 0 fully saturated rings. The van der Waals surface area contributed by atoms with Gasteiger partial charge in [-0.2, -0.15) is 0 Å². The van der Waals surface area contributed by atoms with Crippen molar-refractivity contribution in [2.24, 2.45) is 0 Å². The topological polar surface area (TPSA) is 46.5 Å². The average molecular weight is 242 g/mol. The number of rotatable bonds is 2. The number of aryl methyl sites for hydroxylation is 1. The van der Waals surface area contributed by atoms with Gasteiger partial charge in [-0.25, -0.2) is 4.79 Å². The largest absolute Gasteiger partial charge is 0.507 e. The maximum atomic E-state index is 11.6. The van der Waals surface area contributed by atoms with E-state index in [0.717, 1.165) is 11.1 Å². The van der Waals surface area contributed by atoms with E-state index in [4.69, 9.17) is 0 Å². The summed E-state index contributed by atoms with van der Waals surface area (Å²) in [6, 6.07) is 13.2. The third-order valence-electron chi connectivity index (χ3n) is 2.81. The van der Waals surface area contributed by atoms with Crippen LogP contribution in [0.1, 0.15) is 15.9 Å². The van der Waals surface area contributed by atoms with Crippen LogP contribution in [0.15, 0.2) is 42.5 Å². The molecule has 2 rings (SSSR count). The molecule has 0 bridgehead atoms. The van der Waals surface area contributed by atoms with Gasteiger partial charge in [-0.1, -0.05) is 30.3 Å². The van der Waals surface area contributed by atoms with Gasteiger partial charge in [-0.15, -0.1) is 0 Å². The summed E-state index contributed by atoms with van der Waals surface area (Å²) >= 11 is 0. The lowest BCUT2D eigenvalue weighted by Gasteiger charge is -2.09. The van der Waals surface area contributed by atoms with E-state index in [9.17, 15) is 9.90 Å². The van der Waals surface area contributed by atoms with Crippen molar-refractivity contribution in [3.05, 3.63) is 53.6 Å². The van der Waals surface area contributed by atoms with Gasteiger partial charge >= 0.3 is 5.97 Å².